The molecule has 0 saturated heterocycles. The molecule has 0 amide bonds. The van der Waals surface area contributed by atoms with E-state index >= 15 is 0 Å². The van der Waals surface area contributed by atoms with Gasteiger partial charge in [-0.05, 0) is 134 Å². The van der Waals surface area contributed by atoms with E-state index in [2.05, 4.69) is 168 Å². The standard InChI is InChI=1S/2C13H21N.C12H18O2.C12H18O/c2*1-10(2)12-8-6-7-9-13(12)14(5)11(3)4;1-9(2)13-11-7-5-6-8-12(11)14-10(3)4;1-9(2)11-7-5-6-8-12(11)13-10(3)4/h2*6-11H,1-5H3;5-10H,1-4H3;5-10H,1-4H3. The Kier molecular flexibility index (Phi) is 22.3. The van der Waals surface area contributed by atoms with Gasteiger partial charge >= 0.3 is 0 Å². The number of rotatable bonds is 13. The number of hydrogen-bond donors (Lipinski definition) is 0. The number of hydrogen-bond acceptors (Lipinski definition) is 5. The first kappa shape index (κ1) is 48.9. The third-order valence-electron chi connectivity index (χ3n) is 8.90. The third kappa shape index (κ3) is 17.9. The second-order valence-corrected chi connectivity index (χ2v) is 16.5. The van der Waals surface area contributed by atoms with E-state index in [1.54, 1.807) is 0 Å². The van der Waals surface area contributed by atoms with Gasteiger partial charge in [0.05, 0.1) is 18.3 Å². The van der Waals surface area contributed by atoms with Crippen LogP contribution in [0.4, 0.5) is 11.4 Å². The lowest BCUT2D eigenvalue weighted by Gasteiger charge is -2.27. The van der Waals surface area contributed by atoms with Gasteiger partial charge in [0, 0.05) is 37.6 Å². The highest BCUT2D eigenvalue weighted by Gasteiger charge is 2.13. The summed E-state index contributed by atoms with van der Waals surface area (Å²) in [5, 5.41) is 0. The summed E-state index contributed by atoms with van der Waals surface area (Å²) in [7, 11) is 4.32. The van der Waals surface area contributed by atoms with E-state index in [-0.39, 0.29) is 18.3 Å². The molecule has 0 aromatic heterocycles. The molecular weight excluding hydrogens is 677 g/mol. The van der Waals surface area contributed by atoms with Crippen molar-refractivity contribution in [2.75, 3.05) is 23.9 Å². The SMILES string of the molecule is CC(C)Oc1ccccc1C(C)C.CC(C)Oc1ccccc1OC(C)C.CC(C)c1ccccc1N(C)C(C)C.CC(C)c1ccccc1N(C)C(C)C. The van der Waals surface area contributed by atoms with Crippen molar-refractivity contribution >= 4 is 11.4 Å². The van der Waals surface area contributed by atoms with E-state index in [4.69, 9.17) is 14.2 Å². The van der Waals surface area contributed by atoms with Crippen molar-refractivity contribution in [3.05, 3.63) is 114 Å². The molecule has 0 aliphatic rings. The molecule has 0 aliphatic heterocycles. The average molecular weight is 755 g/mol. The van der Waals surface area contributed by atoms with Crippen LogP contribution in [-0.2, 0) is 0 Å². The molecule has 5 heteroatoms. The molecule has 4 rings (SSSR count). The number of ether oxygens (including phenoxy) is 3. The highest BCUT2D eigenvalue weighted by Crippen LogP contribution is 2.30. The Morgan fingerprint density at radius 2 is 0.582 bits per heavy atom. The zero-order valence-corrected chi connectivity index (χ0v) is 38.0. The molecule has 0 heterocycles. The minimum absolute atomic E-state index is 0.173. The molecule has 4 aromatic carbocycles. The van der Waals surface area contributed by atoms with E-state index in [0.717, 1.165) is 17.2 Å². The predicted octanol–water partition coefficient (Wildman–Crippen LogP) is 14.2. The second kappa shape index (κ2) is 25.1. The van der Waals surface area contributed by atoms with Gasteiger partial charge in [-0.1, -0.05) is 108 Å². The van der Waals surface area contributed by atoms with E-state index in [1.165, 1.54) is 28.1 Å². The van der Waals surface area contributed by atoms with Crippen LogP contribution in [-0.4, -0.2) is 44.5 Å². The molecule has 4 aromatic rings. The first-order valence-electron chi connectivity index (χ1n) is 20.6. The maximum absolute atomic E-state index is 5.71. The van der Waals surface area contributed by atoms with E-state index in [9.17, 15) is 0 Å². The first-order valence-corrected chi connectivity index (χ1v) is 20.6. The van der Waals surface area contributed by atoms with E-state index in [0.29, 0.717) is 29.8 Å². The van der Waals surface area contributed by atoms with Crippen LogP contribution >= 0.6 is 0 Å². The fourth-order valence-electron chi connectivity index (χ4n) is 5.62. The van der Waals surface area contributed by atoms with Crippen molar-refractivity contribution in [1.82, 2.24) is 0 Å². The molecule has 0 fully saturated rings. The minimum atomic E-state index is 0.173. The summed E-state index contributed by atoms with van der Waals surface area (Å²) in [6.07, 6.45) is 0.596. The van der Waals surface area contributed by atoms with E-state index in [1.807, 2.05) is 64.1 Å². The fourth-order valence-corrected chi connectivity index (χ4v) is 5.62. The number of anilines is 2. The summed E-state index contributed by atoms with van der Waals surface area (Å²) < 4.78 is 16.9. The Hall–Kier alpha value is -4.12. The average Bonchev–Trinajstić information content (AvgIpc) is 3.12. The van der Waals surface area contributed by atoms with Gasteiger partial charge in [0.2, 0.25) is 0 Å². The normalized spacial score (nSPS) is 10.9. The molecule has 5 nitrogen and oxygen atoms in total. The molecule has 0 saturated carbocycles. The topological polar surface area (TPSA) is 34.2 Å². The lowest BCUT2D eigenvalue weighted by atomic mass is 10.0. The van der Waals surface area contributed by atoms with Crippen molar-refractivity contribution in [3.8, 4) is 17.2 Å². The van der Waals surface area contributed by atoms with Gasteiger partial charge in [-0.3, -0.25) is 0 Å². The molecule has 0 unspecified atom stereocenters. The lowest BCUT2D eigenvalue weighted by molar-refractivity contribution is 0.199. The van der Waals surface area contributed by atoms with Crippen molar-refractivity contribution < 1.29 is 14.2 Å². The zero-order chi connectivity index (χ0) is 41.8. The molecule has 0 N–H and O–H groups in total. The van der Waals surface area contributed by atoms with E-state index < -0.39 is 0 Å². The molecule has 0 bridgehead atoms. The highest BCUT2D eigenvalue weighted by atomic mass is 16.5. The van der Waals surface area contributed by atoms with Gasteiger partial charge in [-0.15, -0.1) is 0 Å². The van der Waals surface area contributed by atoms with Crippen LogP contribution in [0.3, 0.4) is 0 Å². The fraction of sp³-hybridized carbons (Fsp3) is 0.520. The van der Waals surface area contributed by atoms with Gasteiger partial charge in [-0.25, -0.2) is 0 Å². The minimum Gasteiger partial charge on any atom is -0.491 e. The molecule has 0 spiro atoms. The monoisotopic (exact) mass is 755 g/mol. The third-order valence-corrected chi connectivity index (χ3v) is 8.90. The Balaban J connectivity index is 0.000000367. The van der Waals surface area contributed by atoms with Crippen LogP contribution in [0.2, 0.25) is 0 Å². The van der Waals surface area contributed by atoms with Crippen LogP contribution in [0, 0.1) is 0 Å². The van der Waals surface area contributed by atoms with Gasteiger partial charge in [0.1, 0.15) is 5.75 Å². The maximum atomic E-state index is 5.71. The van der Waals surface area contributed by atoms with Crippen molar-refractivity contribution in [2.24, 2.45) is 0 Å². The van der Waals surface area contributed by atoms with Crippen molar-refractivity contribution in [1.29, 1.82) is 0 Å². The van der Waals surface area contributed by atoms with Crippen LogP contribution in [0.1, 0.15) is 145 Å². The highest BCUT2D eigenvalue weighted by molar-refractivity contribution is 5.55. The number of para-hydroxylation sites is 5. The molecule has 55 heavy (non-hydrogen) atoms. The lowest BCUT2D eigenvalue weighted by Crippen LogP contribution is -2.26. The second-order valence-electron chi connectivity index (χ2n) is 16.5. The van der Waals surface area contributed by atoms with Crippen molar-refractivity contribution in [3.63, 3.8) is 0 Å². The molecule has 0 atom stereocenters. The van der Waals surface area contributed by atoms with Crippen LogP contribution in [0.5, 0.6) is 17.2 Å². The summed E-state index contributed by atoms with van der Waals surface area (Å²) >= 11 is 0. The Bertz CT molecular complexity index is 1520. The van der Waals surface area contributed by atoms with Crippen LogP contribution in [0.25, 0.3) is 0 Å². The van der Waals surface area contributed by atoms with Gasteiger partial charge in [0.15, 0.2) is 11.5 Å². The summed E-state index contributed by atoms with van der Waals surface area (Å²) in [5.41, 5.74) is 6.87. The smallest absolute Gasteiger partial charge is 0.161 e. The quantitative estimate of drug-likeness (QED) is 0.136. The van der Waals surface area contributed by atoms with Gasteiger partial charge in [0.25, 0.3) is 0 Å². The summed E-state index contributed by atoms with van der Waals surface area (Å²) in [4.78, 5) is 4.66. The first-order chi connectivity index (χ1) is 25.8. The Morgan fingerprint density at radius 3 is 0.873 bits per heavy atom. The Labute approximate surface area is 338 Å². The predicted molar refractivity (Wildman–Crippen MR) is 242 cm³/mol. The Morgan fingerprint density at radius 1 is 0.327 bits per heavy atom. The van der Waals surface area contributed by atoms with Gasteiger partial charge < -0.3 is 24.0 Å². The molecule has 0 radical (unpaired) electrons. The molecule has 306 valence electrons. The number of benzene rings is 4. The molecular formula is C50H78N2O3. The maximum Gasteiger partial charge on any atom is 0.161 e. The van der Waals surface area contributed by atoms with Crippen LogP contribution in [0.15, 0.2) is 97.1 Å². The van der Waals surface area contributed by atoms with Crippen molar-refractivity contribution in [2.45, 2.75) is 159 Å². The van der Waals surface area contributed by atoms with Gasteiger partial charge in [-0.2, -0.15) is 0 Å². The summed E-state index contributed by atoms with van der Waals surface area (Å²) in [6.45, 7) is 34.3. The largest absolute Gasteiger partial charge is 0.491 e. The molecule has 0 aliphatic carbocycles. The summed E-state index contributed by atoms with van der Waals surface area (Å²) in [5.74, 6) is 4.36. The zero-order valence-electron chi connectivity index (χ0n) is 38.0. The summed E-state index contributed by atoms with van der Waals surface area (Å²) in [6, 6.07) is 34.4. The number of nitrogens with zero attached hydrogens (tertiary/aromatic N) is 2. The van der Waals surface area contributed by atoms with Crippen LogP contribution < -0.4 is 24.0 Å².